The molecule has 0 bridgehead atoms. The van der Waals surface area contributed by atoms with Gasteiger partial charge in [0.1, 0.15) is 0 Å². The normalized spacial score (nSPS) is 22.7. The first-order chi connectivity index (χ1) is 3.11. The maximum absolute atomic E-state index is 10.8. The Kier molecular flexibility index (Phi) is 0.869. The van der Waals surface area contributed by atoms with Crippen LogP contribution < -0.4 is 0 Å². The number of nitrogens with zero attached hydrogens (tertiary/aromatic N) is 1. The van der Waals surface area contributed by atoms with Crippen LogP contribution >= 0.6 is 0 Å². The summed E-state index contributed by atoms with van der Waals surface area (Å²) in [5, 5.41) is 10.8. The predicted octanol–water partition coefficient (Wildman–Crippen LogP) is 0.723. The second-order valence-electron chi connectivity index (χ2n) is 2.67. The molecule has 7 heavy (non-hydrogen) atoms. The number of hydroxylamine groups is 3. The lowest BCUT2D eigenvalue weighted by Crippen LogP contribution is -2.34. The Morgan fingerprint density at radius 3 is 1.86 bits per heavy atom. The van der Waals surface area contributed by atoms with Crippen LogP contribution in [0.5, 0.6) is 0 Å². The zero-order chi connectivity index (χ0) is 5.49. The lowest BCUT2D eigenvalue weighted by Gasteiger charge is -2.33. The molecule has 1 rings (SSSR count). The van der Waals surface area contributed by atoms with Gasteiger partial charge in [-0.2, -0.15) is 0 Å². The molecule has 0 spiro atoms. The molecule has 2 nitrogen and oxygen atoms in total. The predicted molar refractivity (Wildman–Crippen MR) is 28.5 cm³/mol. The number of rotatable bonds is 1. The van der Waals surface area contributed by atoms with Gasteiger partial charge in [-0.1, -0.05) is 0 Å². The van der Waals surface area contributed by atoms with Crippen LogP contribution in [0.15, 0.2) is 0 Å². The molecule has 2 heteroatoms. The first-order valence-corrected chi connectivity index (χ1v) is 2.65. The molecule has 0 heterocycles. The molecule has 0 aliphatic heterocycles. The van der Waals surface area contributed by atoms with E-state index in [0.717, 1.165) is 12.8 Å². The van der Waals surface area contributed by atoms with Crippen LogP contribution in [0.25, 0.3) is 0 Å². The molecular formula is C5H11NO. The smallest absolute Gasteiger partial charge is 0.0888 e. The second-order valence-corrected chi connectivity index (χ2v) is 2.67. The summed E-state index contributed by atoms with van der Waals surface area (Å²) in [5.41, 5.74) is 0. The summed E-state index contributed by atoms with van der Waals surface area (Å²) in [5.74, 6) is 0. The van der Waals surface area contributed by atoms with Gasteiger partial charge in [0.05, 0.1) is 20.1 Å². The zero-order valence-electron chi connectivity index (χ0n) is 4.85. The Hall–Kier alpha value is -0.0800. The van der Waals surface area contributed by atoms with Crippen molar-refractivity contribution in [2.45, 2.75) is 18.9 Å². The molecule has 1 aliphatic rings. The van der Waals surface area contributed by atoms with Crippen molar-refractivity contribution < 1.29 is 4.65 Å². The van der Waals surface area contributed by atoms with Gasteiger partial charge < -0.3 is 9.85 Å². The molecule has 1 saturated carbocycles. The van der Waals surface area contributed by atoms with Crippen molar-refractivity contribution in [1.29, 1.82) is 0 Å². The van der Waals surface area contributed by atoms with Gasteiger partial charge in [-0.3, -0.25) is 0 Å². The summed E-state index contributed by atoms with van der Waals surface area (Å²) in [7, 11) is 3.41. The highest BCUT2D eigenvalue weighted by Gasteiger charge is 2.31. The van der Waals surface area contributed by atoms with Crippen LogP contribution in [-0.2, 0) is 0 Å². The van der Waals surface area contributed by atoms with E-state index in [1.54, 1.807) is 14.1 Å². The summed E-state index contributed by atoms with van der Waals surface area (Å²) in [6.45, 7) is 0. The van der Waals surface area contributed by atoms with Gasteiger partial charge >= 0.3 is 0 Å². The van der Waals surface area contributed by atoms with Crippen molar-refractivity contribution >= 4 is 0 Å². The third-order valence-corrected chi connectivity index (χ3v) is 1.43. The van der Waals surface area contributed by atoms with E-state index >= 15 is 0 Å². The SMILES string of the molecule is C[N+](C)([O-])C1CC1. The van der Waals surface area contributed by atoms with Crippen LogP contribution in [0.2, 0.25) is 0 Å². The van der Waals surface area contributed by atoms with Crippen molar-refractivity contribution in [3.8, 4) is 0 Å². The molecule has 0 amide bonds. The first kappa shape index (κ1) is 5.06. The van der Waals surface area contributed by atoms with Crippen molar-refractivity contribution in [2.75, 3.05) is 14.1 Å². The van der Waals surface area contributed by atoms with Crippen molar-refractivity contribution in [1.82, 2.24) is 0 Å². The highest BCUT2D eigenvalue weighted by molar-refractivity contribution is 4.73. The van der Waals surface area contributed by atoms with E-state index in [0.29, 0.717) is 6.04 Å². The van der Waals surface area contributed by atoms with Gasteiger partial charge in [0.2, 0.25) is 0 Å². The Balaban J connectivity index is 2.36. The fourth-order valence-corrected chi connectivity index (χ4v) is 0.696. The molecule has 0 aromatic rings. The van der Waals surface area contributed by atoms with Gasteiger partial charge in [-0.05, 0) is 0 Å². The Bertz CT molecular complexity index is 70.6. The van der Waals surface area contributed by atoms with E-state index in [1.807, 2.05) is 0 Å². The molecule has 0 radical (unpaired) electrons. The van der Waals surface area contributed by atoms with Crippen molar-refractivity contribution in [2.24, 2.45) is 0 Å². The maximum Gasteiger partial charge on any atom is 0.0888 e. The lowest BCUT2D eigenvalue weighted by molar-refractivity contribution is -0.851. The van der Waals surface area contributed by atoms with E-state index in [-0.39, 0.29) is 4.65 Å². The topological polar surface area (TPSA) is 23.1 Å². The van der Waals surface area contributed by atoms with Gasteiger partial charge in [-0.15, -0.1) is 0 Å². The summed E-state index contributed by atoms with van der Waals surface area (Å²) in [4.78, 5) is 0. The average Bonchev–Trinajstić information content (AvgIpc) is 1.99. The highest BCUT2D eigenvalue weighted by atomic mass is 16.5. The van der Waals surface area contributed by atoms with Gasteiger partial charge in [0.15, 0.2) is 0 Å². The minimum absolute atomic E-state index is 0.0833. The quantitative estimate of drug-likeness (QED) is 0.352. The molecule has 0 atom stereocenters. The molecule has 0 N–H and O–H groups in total. The molecule has 0 aromatic heterocycles. The summed E-state index contributed by atoms with van der Waals surface area (Å²) in [6.07, 6.45) is 2.27. The Morgan fingerprint density at radius 2 is 1.86 bits per heavy atom. The minimum Gasteiger partial charge on any atom is -0.633 e. The number of hydrogen-bond acceptors (Lipinski definition) is 1. The first-order valence-electron chi connectivity index (χ1n) is 2.65. The van der Waals surface area contributed by atoms with Crippen LogP contribution in [-0.4, -0.2) is 24.8 Å². The average molecular weight is 101 g/mol. The summed E-state index contributed by atoms with van der Waals surface area (Å²) >= 11 is 0. The summed E-state index contributed by atoms with van der Waals surface area (Å²) in [6, 6.07) is 0.431. The van der Waals surface area contributed by atoms with Gasteiger partial charge in [-0.25, -0.2) is 0 Å². The van der Waals surface area contributed by atoms with E-state index < -0.39 is 0 Å². The maximum atomic E-state index is 10.8. The van der Waals surface area contributed by atoms with Crippen LogP contribution in [0, 0.1) is 5.21 Å². The zero-order valence-corrected chi connectivity index (χ0v) is 4.85. The van der Waals surface area contributed by atoms with E-state index in [4.69, 9.17) is 0 Å². The standard InChI is InChI=1S/C5H11NO/c1-6(2,7)5-3-4-5/h5H,3-4H2,1-2H3. The van der Waals surface area contributed by atoms with Crippen molar-refractivity contribution in [3.63, 3.8) is 0 Å². The molecule has 1 aliphatic carbocycles. The third-order valence-electron chi connectivity index (χ3n) is 1.43. The number of quaternary nitrogens is 1. The fraction of sp³-hybridized carbons (Fsp3) is 1.00. The molecule has 1 fully saturated rings. The molecule has 0 unspecified atom stereocenters. The monoisotopic (exact) mass is 101 g/mol. The molecular weight excluding hydrogens is 90.1 g/mol. The number of hydrogen-bond donors (Lipinski definition) is 0. The molecule has 42 valence electrons. The van der Waals surface area contributed by atoms with E-state index in [1.165, 1.54) is 0 Å². The summed E-state index contributed by atoms with van der Waals surface area (Å²) < 4.78 is -0.0833. The minimum atomic E-state index is -0.0833. The van der Waals surface area contributed by atoms with Crippen LogP contribution in [0.3, 0.4) is 0 Å². The lowest BCUT2D eigenvalue weighted by atomic mass is 10.6. The largest absolute Gasteiger partial charge is 0.633 e. The van der Waals surface area contributed by atoms with E-state index in [2.05, 4.69) is 0 Å². The third kappa shape index (κ3) is 1.14. The molecule has 0 saturated heterocycles. The van der Waals surface area contributed by atoms with Crippen LogP contribution in [0.4, 0.5) is 0 Å². The second kappa shape index (κ2) is 1.20. The Morgan fingerprint density at radius 1 is 1.43 bits per heavy atom. The van der Waals surface area contributed by atoms with E-state index in [9.17, 15) is 5.21 Å². The highest BCUT2D eigenvalue weighted by Crippen LogP contribution is 2.28. The van der Waals surface area contributed by atoms with Crippen LogP contribution in [0.1, 0.15) is 12.8 Å². The fourth-order valence-electron chi connectivity index (χ4n) is 0.696. The molecule has 0 aromatic carbocycles. The Labute approximate surface area is 43.9 Å². The van der Waals surface area contributed by atoms with Crippen molar-refractivity contribution in [3.05, 3.63) is 5.21 Å². The van der Waals surface area contributed by atoms with Gasteiger partial charge in [0, 0.05) is 12.8 Å². The van der Waals surface area contributed by atoms with Gasteiger partial charge in [0.25, 0.3) is 0 Å².